The van der Waals surface area contributed by atoms with Crippen molar-refractivity contribution in [1.29, 1.82) is 0 Å². The van der Waals surface area contributed by atoms with Gasteiger partial charge in [0.05, 0.1) is 30.6 Å². The van der Waals surface area contributed by atoms with Gasteiger partial charge in [0.15, 0.2) is 0 Å². The third kappa shape index (κ3) is 4.55. The zero-order valence-corrected chi connectivity index (χ0v) is 18.3. The molecular weight excluding hydrogens is 416 g/mol. The number of nitrogens with one attached hydrogen (secondary N) is 1. The molecule has 5 rings (SSSR count). The fourth-order valence-corrected chi connectivity index (χ4v) is 3.85. The first-order valence-corrected chi connectivity index (χ1v) is 10.9. The molecule has 2 aromatic carbocycles. The first kappa shape index (κ1) is 20.7. The molecule has 0 spiro atoms. The first-order chi connectivity index (χ1) is 16.2. The summed E-state index contributed by atoms with van der Waals surface area (Å²) >= 11 is 0. The van der Waals surface area contributed by atoms with Gasteiger partial charge in [-0.25, -0.2) is 9.97 Å². The van der Waals surface area contributed by atoms with Crippen LogP contribution < -0.4 is 15.0 Å². The van der Waals surface area contributed by atoms with Gasteiger partial charge in [-0.05, 0) is 30.2 Å². The molecule has 0 bridgehead atoms. The Kier molecular flexibility index (Phi) is 5.72. The molecule has 3 heterocycles. The van der Waals surface area contributed by atoms with E-state index in [1.54, 1.807) is 17.1 Å². The predicted molar refractivity (Wildman–Crippen MR) is 127 cm³/mol. The predicted octanol–water partition coefficient (Wildman–Crippen LogP) is 3.98. The highest BCUT2D eigenvalue weighted by Crippen LogP contribution is 2.35. The summed E-state index contributed by atoms with van der Waals surface area (Å²) in [7, 11) is 1.85. The number of aryl methyl sites for hydroxylation is 1. The molecule has 0 radical (unpaired) electrons. The van der Waals surface area contributed by atoms with E-state index >= 15 is 0 Å². The summed E-state index contributed by atoms with van der Waals surface area (Å²) in [6, 6.07) is 19.4. The Hall–Kier alpha value is -4.20. The largest absolute Gasteiger partial charge is 0.491 e. The lowest BCUT2D eigenvalue weighted by Crippen LogP contribution is -2.32. The standard InChI is InChI=1S/C25H24N6O2/c1-30-23(11-13-27-30)29-25-26-12-10-20(28-25)19-8-9-21-22(17-19)33-15-5-14-31(21)24(32)16-18-6-3-2-4-7-18/h2-4,6-13,17H,5,14-16H2,1H3,(H,26,28,29). The van der Waals surface area contributed by atoms with Crippen molar-refractivity contribution in [2.45, 2.75) is 12.8 Å². The van der Waals surface area contributed by atoms with E-state index in [1.165, 1.54) is 0 Å². The van der Waals surface area contributed by atoms with Crippen LogP contribution in [-0.4, -0.2) is 38.8 Å². The molecule has 0 fully saturated rings. The number of nitrogens with zero attached hydrogens (tertiary/aromatic N) is 5. The molecular formula is C25H24N6O2. The van der Waals surface area contributed by atoms with Gasteiger partial charge in [0, 0.05) is 31.4 Å². The van der Waals surface area contributed by atoms with Crippen molar-refractivity contribution in [3.05, 3.63) is 78.6 Å². The number of aromatic nitrogens is 4. The summed E-state index contributed by atoms with van der Waals surface area (Å²) in [4.78, 5) is 23.9. The molecule has 0 atom stereocenters. The average molecular weight is 441 g/mol. The first-order valence-electron chi connectivity index (χ1n) is 10.9. The number of fused-ring (bicyclic) bond motifs is 1. The van der Waals surface area contributed by atoms with Crippen molar-refractivity contribution in [2.75, 3.05) is 23.4 Å². The van der Waals surface area contributed by atoms with Gasteiger partial charge in [0.25, 0.3) is 0 Å². The second kappa shape index (κ2) is 9.12. The molecule has 0 unspecified atom stereocenters. The molecule has 1 aliphatic rings. The van der Waals surface area contributed by atoms with E-state index < -0.39 is 0 Å². The zero-order chi connectivity index (χ0) is 22.6. The minimum atomic E-state index is 0.0606. The number of carbonyl (C=O) groups excluding carboxylic acids is 1. The smallest absolute Gasteiger partial charge is 0.231 e. The van der Waals surface area contributed by atoms with Crippen LogP contribution >= 0.6 is 0 Å². The van der Waals surface area contributed by atoms with E-state index in [0.717, 1.165) is 34.7 Å². The molecule has 4 aromatic rings. The van der Waals surface area contributed by atoms with Crippen molar-refractivity contribution in [3.8, 4) is 17.0 Å². The maximum Gasteiger partial charge on any atom is 0.231 e. The van der Waals surface area contributed by atoms with E-state index in [1.807, 2.05) is 72.6 Å². The quantitative estimate of drug-likeness (QED) is 0.505. The fraction of sp³-hybridized carbons (Fsp3) is 0.200. The van der Waals surface area contributed by atoms with Gasteiger partial charge < -0.3 is 15.0 Å². The van der Waals surface area contributed by atoms with Crippen molar-refractivity contribution >= 4 is 23.4 Å². The number of amides is 1. The molecule has 166 valence electrons. The molecule has 0 saturated carbocycles. The highest BCUT2D eigenvalue weighted by molar-refractivity contribution is 5.96. The Balaban J connectivity index is 1.41. The van der Waals surface area contributed by atoms with Gasteiger partial charge in [0.1, 0.15) is 11.6 Å². The summed E-state index contributed by atoms with van der Waals surface area (Å²) in [6.45, 7) is 1.19. The molecule has 1 N–H and O–H groups in total. The molecule has 8 nitrogen and oxygen atoms in total. The van der Waals surface area contributed by atoms with Crippen molar-refractivity contribution in [3.63, 3.8) is 0 Å². The third-order valence-corrected chi connectivity index (χ3v) is 5.55. The minimum Gasteiger partial charge on any atom is -0.491 e. The van der Waals surface area contributed by atoms with E-state index in [0.29, 0.717) is 31.3 Å². The lowest BCUT2D eigenvalue weighted by molar-refractivity contribution is -0.118. The summed E-state index contributed by atoms with van der Waals surface area (Å²) in [5.74, 6) is 2.02. The number of hydrogen-bond donors (Lipinski definition) is 1. The van der Waals surface area contributed by atoms with Crippen LogP contribution in [0.2, 0.25) is 0 Å². The van der Waals surface area contributed by atoms with Crippen LogP contribution in [0.3, 0.4) is 0 Å². The van der Waals surface area contributed by atoms with Crippen LogP contribution in [0.5, 0.6) is 5.75 Å². The molecule has 1 amide bonds. The average Bonchev–Trinajstić information content (AvgIpc) is 3.11. The van der Waals surface area contributed by atoms with Crippen LogP contribution in [0.1, 0.15) is 12.0 Å². The van der Waals surface area contributed by atoms with Gasteiger partial charge in [-0.1, -0.05) is 36.4 Å². The minimum absolute atomic E-state index is 0.0606. The van der Waals surface area contributed by atoms with Crippen LogP contribution in [0.15, 0.2) is 73.1 Å². The van der Waals surface area contributed by atoms with E-state index in [4.69, 9.17) is 4.74 Å². The number of anilines is 3. The van der Waals surface area contributed by atoms with Crippen molar-refractivity contribution < 1.29 is 9.53 Å². The maximum atomic E-state index is 13.1. The number of ether oxygens (including phenoxy) is 1. The van der Waals surface area contributed by atoms with Gasteiger partial charge in [-0.15, -0.1) is 0 Å². The molecule has 33 heavy (non-hydrogen) atoms. The van der Waals surface area contributed by atoms with Gasteiger partial charge in [-0.3, -0.25) is 9.48 Å². The second-order valence-electron chi connectivity index (χ2n) is 7.82. The summed E-state index contributed by atoms with van der Waals surface area (Å²) in [5, 5.41) is 7.32. The van der Waals surface area contributed by atoms with Crippen LogP contribution in [0, 0.1) is 0 Å². The Morgan fingerprint density at radius 3 is 2.79 bits per heavy atom. The normalized spacial score (nSPS) is 13.1. The van der Waals surface area contributed by atoms with Crippen molar-refractivity contribution in [2.24, 2.45) is 7.05 Å². The van der Waals surface area contributed by atoms with E-state index in [9.17, 15) is 4.79 Å². The number of rotatable bonds is 5. The molecule has 1 aliphatic heterocycles. The maximum absolute atomic E-state index is 13.1. The van der Waals surface area contributed by atoms with Crippen LogP contribution in [0.25, 0.3) is 11.3 Å². The molecule has 8 heteroatoms. The van der Waals surface area contributed by atoms with Crippen LogP contribution in [0.4, 0.5) is 17.5 Å². The summed E-state index contributed by atoms with van der Waals surface area (Å²) in [5.41, 5.74) is 3.44. The van der Waals surface area contributed by atoms with Gasteiger partial charge in [-0.2, -0.15) is 5.10 Å². The van der Waals surface area contributed by atoms with Gasteiger partial charge >= 0.3 is 0 Å². The fourth-order valence-electron chi connectivity index (χ4n) is 3.85. The lowest BCUT2D eigenvalue weighted by atomic mass is 10.1. The second-order valence-corrected chi connectivity index (χ2v) is 7.82. The molecule has 2 aromatic heterocycles. The highest BCUT2D eigenvalue weighted by Gasteiger charge is 2.23. The van der Waals surface area contributed by atoms with E-state index in [2.05, 4.69) is 20.4 Å². The topological polar surface area (TPSA) is 85.2 Å². The number of benzene rings is 2. The number of hydrogen-bond acceptors (Lipinski definition) is 6. The molecule has 0 aliphatic carbocycles. The lowest BCUT2D eigenvalue weighted by Gasteiger charge is -2.22. The highest BCUT2D eigenvalue weighted by atomic mass is 16.5. The third-order valence-electron chi connectivity index (χ3n) is 5.55. The summed E-state index contributed by atoms with van der Waals surface area (Å²) in [6.07, 6.45) is 4.55. The monoisotopic (exact) mass is 440 g/mol. The Morgan fingerprint density at radius 2 is 1.97 bits per heavy atom. The molecule has 0 saturated heterocycles. The van der Waals surface area contributed by atoms with E-state index in [-0.39, 0.29) is 5.91 Å². The van der Waals surface area contributed by atoms with Crippen molar-refractivity contribution in [1.82, 2.24) is 19.7 Å². The zero-order valence-electron chi connectivity index (χ0n) is 18.3. The number of carbonyl (C=O) groups is 1. The van der Waals surface area contributed by atoms with Crippen LogP contribution in [-0.2, 0) is 18.3 Å². The summed E-state index contributed by atoms with van der Waals surface area (Å²) < 4.78 is 7.72. The Labute approximate surface area is 191 Å². The Morgan fingerprint density at radius 1 is 1.09 bits per heavy atom. The Bertz CT molecular complexity index is 1270. The van der Waals surface area contributed by atoms with Gasteiger partial charge in [0.2, 0.25) is 11.9 Å². The SMILES string of the molecule is Cn1nccc1Nc1nccc(-c2ccc3c(c2)OCCCN3C(=O)Cc2ccccc2)n1.